The Balaban J connectivity index is 1.96. The minimum absolute atomic E-state index is 0.349. The Hall–Kier alpha value is -2.06. The number of amides is 1. The first-order valence-corrected chi connectivity index (χ1v) is 12.7. The largest absolute Gasteiger partial charge is 0.458 e. The molecule has 0 heterocycles. The van der Waals surface area contributed by atoms with Gasteiger partial charge in [-0.15, -0.1) is 0 Å². The van der Waals surface area contributed by atoms with Gasteiger partial charge in [0.05, 0.1) is 0 Å². The fourth-order valence-electron chi connectivity index (χ4n) is 2.84. The van der Waals surface area contributed by atoms with Gasteiger partial charge in [0.2, 0.25) is 0 Å². The summed E-state index contributed by atoms with van der Waals surface area (Å²) >= 11 is 6.98. The molecule has 0 spiro atoms. The molecule has 2 rings (SSSR count). The van der Waals surface area contributed by atoms with Crippen LogP contribution in [0.25, 0.3) is 0 Å². The average molecular weight is 570 g/mol. The van der Waals surface area contributed by atoms with Crippen molar-refractivity contribution in [1.29, 1.82) is 0 Å². The molecule has 8 heteroatoms. The van der Waals surface area contributed by atoms with E-state index in [2.05, 4.69) is 42.1 Å². The summed E-state index contributed by atoms with van der Waals surface area (Å²) in [5, 5.41) is 4.45. The molecule has 6 nitrogen and oxygen atoms in total. The van der Waals surface area contributed by atoms with Crippen molar-refractivity contribution in [2.24, 2.45) is 0 Å². The number of carbonyl (C=O) groups is 2. The Morgan fingerprint density at radius 3 is 1.91 bits per heavy atom. The molecule has 0 radical (unpaired) electrons. The highest BCUT2D eigenvalue weighted by atomic mass is 79.9. The van der Waals surface area contributed by atoms with Gasteiger partial charge in [-0.25, -0.2) is 4.79 Å². The summed E-state index contributed by atoms with van der Waals surface area (Å²) in [5.74, 6) is 0.507. The van der Waals surface area contributed by atoms with Crippen molar-refractivity contribution in [2.75, 3.05) is 28.6 Å². The summed E-state index contributed by atoms with van der Waals surface area (Å²) in [4.78, 5) is 26.8. The summed E-state index contributed by atoms with van der Waals surface area (Å²) < 4.78 is 11.2. The van der Waals surface area contributed by atoms with Gasteiger partial charge in [0.1, 0.15) is 23.1 Å². The molecule has 0 aliphatic carbocycles. The molecule has 0 bridgehead atoms. The van der Waals surface area contributed by atoms with Crippen LogP contribution < -0.4 is 15.0 Å². The molecule has 174 valence electrons. The summed E-state index contributed by atoms with van der Waals surface area (Å²) in [6, 6.07) is 13.9. The lowest BCUT2D eigenvalue weighted by Crippen LogP contribution is -2.42. The lowest BCUT2D eigenvalue weighted by molar-refractivity contribution is -0.156. The quantitative estimate of drug-likeness (QED) is 0.301. The Labute approximate surface area is 206 Å². The monoisotopic (exact) mass is 568 g/mol. The van der Waals surface area contributed by atoms with Crippen molar-refractivity contribution in [2.45, 2.75) is 39.3 Å². The second kappa shape index (κ2) is 12.3. The highest BCUT2D eigenvalue weighted by molar-refractivity contribution is 9.09. The van der Waals surface area contributed by atoms with Crippen molar-refractivity contribution in [3.8, 4) is 11.5 Å². The van der Waals surface area contributed by atoms with Crippen molar-refractivity contribution in [3.05, 3.63) is 54.1 Å². The summed E-state index contributed by atoms with van der Waals surface area (Å²) in [5.41, 5.74) is 0.957. The van der Waals surface area contributed by atoms with E-state index in [4.69, 9.17) is 9.47 Å². The number of hydrogen-bond acceptors (Lipinski definition) is 5. The van der Waals surface area contributed by atoms with Crippen molar-refractivity contribution in [1.82, 2.24) is 5.32 Å². The number of nitrogens with one attached hydrogen (secondary N) is 1. The van der Waals surface area contributed by atoms with E-state index in [-0.39, 0.29) is 5.91 Å². The SMILES string of the molecule is C[C@H](NC(=O)c1ccc(Oc2ccc(N(CCBr)CCBr)cc2)cc1)C(=O)OC(C)(C)C. The van der Waals surface area contributed by atoms with E-state index in [0.717, 1.165) is 29.4 Å². The standard InChI is InChI=1S/C24H30Br2N2O4/c1-17(23(30)32-24(2,3)4)27-22(29)18-5-9-20(10-6-18)31-21-11-7-19(8-12-21)28(15-13-25)16-14-26/h5-12,17H,13-16H2,1-4H3,(H,27,29)/t17-/m0/s1. The molecule has 1 amide bonds. The van der Waals surface area contributed by atoms with E-state index >= 15 is 0 Å². The number of nitrogens with zero attached hydrogens (tertiary/aromatic N) is 1. The first-order chi connectivity index (χ1) is 15.1. The number of halogens is 2. The van der Waals surface area contributed by atoms with E-state index in [1.54, 1.807) is 52.0 Å². The number of hydrogen-bond donors (Lipinski definition) is 1. The number of ether oxygens (including phenoxy) is 2. The van der Waals surface area contributed by atoms with Crippen LogP contribution in [0.15, 0.2) is 48.5 Å². The van der Waals surface area contributed by atoms with E-state index in [1.165, 1.54) is 0 Å². The Bertz CT molecular complexity index is 874. The molecule has 0 aliphatic heterocycles. The second-order valence-corrected chi connectivity index (χ2v) is 9.80. The first-order valence-electron chi connectivity index (χ1n) is 10.4. The van der Waals surface area contributed by atoms with Crippen LogP contribution in [0, 0.1) is 0 Å². The van der Waals surface area contributed by atoms with Crippen LogP contribution >= 0.6 is 31.9 Å². The predicted octanol–water partition coefficient (Wildman–Crippen LogP) is 5.54. The van der Waals surface area contributed by atoms with Gasteiger partial charge in [-0.3, -0.25) is 4.79 Å². The molecule has 0 aromatic heterocycles. The fourth-order valence-corrected chi connectivity index (χ4v) is 3.69. The highest BCUT2D eigenvalue weighted by Crippen LogP contribution is 2.25. The summed E-state index contributed by atoms with van der Waals surface area (Å²) in [6.45, 7) is 8.80. The molecule has 1 N–H and O–H groups in total. The molecule has 0 saturated carbocycles. The third-order valence-corrected chi connectivity index (χ3v) is 5.08. The van der Waals surface area contributed by atoms with Gasteiger partial charge >= 0.3 is 5.97 Å². The van der Waals surface area contributed by atoms with Crippen LogP contribution in [0.4, 0.5) is 5.69 Å². The van der Waals surface area contributed by atoms with Crippen LogP contribution in [-0.4, -0.2) is 47.3 Å². The zero-order chi connectivity index (χ0) is 23.7. The predicted molar refractivity (Wildman–Crippen MR) is 136 cm³/mol. The lowest BCUT2D eigenvalue weighted by Gasteiger charge is -2.23. The Morgan fingerprint density at radius 2 is 1.44 bits per heavy atom. The summed E-state index contributed by atoms with van der Waals surface area (Å²) in [6.07, 6.45) is 0. The number of carbonyl (C=O) groups excluding carboxylic acids is 2. The smallest absolute Gasteiger partial charge is 0.328 e. The minimum atomic E-state index is -0.746. The van der Waals surface area contributed by atoms with Crippen molar-refractivity contribution < 1.29 is 19.1 Å². The van der Waals surface area contributed by atoms with Gasteiger partial charge in [-0.2, -0.15) is 0 Å². The van der Waals surface area contributed by atoms with Crippen LogP contribution in [0.2, 0.25) is 0 Å². The lowest BCUT2D eigenvalue weighted by atomic mass is 10.1. The van der Waals surface area contributed by atoms with Gasteiger partial charge in [-0.1, -0.05) is 31.9 Å². The molecule has 0 aliphatic rings. The maximum Gasteiger partial charge on any atom is 0.328 e. The van der Waals surface area contributed by atoms with Crippen LogP contribution in [0.3, 0.4) is 0 Å². The normalized spacial score (nSPS) is 12.1. The third kappa shape index (κ3) is 8.47. The van der Waals surface area contributed by atoms with E-state index in [0.29, 0.717) is 17.1 Å². The van der Waals surface area contributed by atoms with E-state index < -0.39 is 17.6 Å². The number of alkyl halides is 2. The van der Waals surface area contributed by atoms with Crippen molar-refractivity contribution >= 4 is 49.4 Å². The third-order valence-electron chi connectivity index (χ3n) is 4.37. The molecule has 1 atom stereocenters. The van der Waals surface area contributed by atoms with Gasteiger partial charge < -0.3 is 19.7 Å². The van der Waals surface area contributed by atoms with Gasteiger partial charge in [-0.05, 0) is 76.2 Å². The first kappa shape index (κ1) is 26.2. The van der Waals surface area contributed by atoms with Crippen LogP contribution in [0.1, 0.15) is 38.1 Å². The maximum atomic E-state index is 12.4. The molecule has 0 saturated heterocycles. The molecule has 0 fully saturated rings. The van der Waals surface area contributed by atoms with Gasteiger partial charge in [0, 0.05) is 35.0 Å². The molecule has 32 heavy (non-hydrogen) atoms. The average Bonchev–Trinajstić information content (AvgIpc) is 2.73. The molecule has 2 aromatic rings. The van der Waals surface area contributed by atoms with Crippen molar-refractivity contribution in [3.63, 3.8) is 0 Å². The van der Waals surface area contributed by atoms with E-state index in [1.807, 2.05) is 24.3 Å². The minimum Gasteiger partial charge on any atom is -0.458 e. The molecule has 0 unspecified atom stereocenters. The molecular formula is C24H30Br2N2O4. The highest BCUT2D eigenvalue weighted by Gasteiger charge is 2.23. The molecular weight excluding hydrogens is 540 g/mol. The summed E-state index contributed by atoms with van der Waals surface area (Å²) in [7, 11) is 0. The number of esters is 1. The Kier molecular flexibility index (Phi) is 10.0. The van der Waals surface area contributed by atoms with Crippen LogP contribution in [-0.2, 0) is 9.53 Å². The number of benzene rings is 2. The maximum absolute atomic E-state index is 12.4. The number of anilines is 1. The van der Waals surface area contributed by atoms with E-state index in [9.17, 15) is 9.59 Å². The molecule has 2 aromatic carbocycles. The zero-order valence-corrected chi connectivity index (χ0v) is 22.0. The fraction of sp³-hybridized carbons (Fsp3) is 0.417. The topological polar surface area (TPSA) is 67.9 Å². The Morgan fingerprint density at radius 1 is 0.938 bits per heavy atom. The van der Waals surface area contributed by atoms with Crippen LogP contribution in [0.5, 0.6) is 11.5 Å². The van der Waals surface area contributed by atoms with Gasteiger partial charge in [0.25, 0.3) is 5.91 Å². The number of rotatable bonds is 10. The zero-order valence-electron chi connectivity index (χ0n) is 18.9. The second-order valence-electron chi connectivity index (χ2n) is 8.21. The van der Waals surface area contributed by atoms with Gasteiger partial charge in [0.15, 0.2) is 0 Å².